The lowest BCUT2D eigenvalue weighted by Crippen LogP contribution is -2.38. The van der Waals surface area contributed by atoms with Crippen LogP contribution < -0.4 is 5.19 Å². The molecule has 0 aliphatic heterocycles. The normalized spacial score (nSPS) is 11.7. The van der Waals surface area contributed by atoms with Gasteiger partial charge in [-0.15, -0.1) is 0 Å². The maximum Gasteiger partial charge on any atom is 0.134 e. The van der Waals surface area contributed by atoms with Gasteiger partial charge in [0.15, 0.2) is 0 Å². The van der Waals surface area contributed by atoms with Gasteiger partial charge in [-0.1, -0.05) is 19.6 Å². The molecule has 0 radical (unpaired) electrons. The van der Waals surface area contributed by atoms with Crippen molar-refractivity contribution in [3.05, 3.63) is 16.9 Å². The Bertz CT molecular complexity index is 275. The summed E-state index contributed by atoms with van der Waals surface area (Å²) in [7, 11) is -1.46. The Morgan fingerprint density at radius 1 is 1.33 bits per heavy atom. The number of rotatable bonds is 1. The molecule has 4 heteroatoms. The number of hydrogen-bond acceptors (Lipinski definition) is 2. The molecule has 0 saturated carbocycles. The van der Waals surface area contributed by atoms with Crippen LogP contribution in [-0.2, 0) is 0 Å². The summed E-state index contributed by atoms with van der Waals surface area (Å²) in [6.45, 7) is 6.56. The van der Waals surface area contributed by atoms with E-state index in [4.69, 9.17) is 0 Å². The molecule has 2 nitrogen and oxygen atoms in total. The minimum atomic E-state index is -1.46. The zero-order valence-corrected chi connectivity index (χ0v) is 10.0. The molecule has 1 N–H and O–H groups in total. The van der Waals surface area contributed by atoms with E-state index < -0.39 is 8.07 Å². The van der Waals surface area contributed by atoms with E-state index in [9.17, 15) is 5.11 Å². The summed E-state index contributed by atoms with van der Waals surface area (Å²) in [6, 6.07) is 0. The summed E-state index contributed by atoms with van der Waals surface area (Å²) in [6.07, 6.45) is 3.23. The summed E-state index contributed by atoms with van der Waals surface area (Å²) in [4.78, 5) is 3.88. The first-order valence-corrected chi connectivity index (χ1v) is 8.05. The maximum atomic E-state index is 9.57. The second-order valence-electron chi connectivity index (χ2n) is 3.77. The molecule has 1 aromatic heterocycles. The SMILES string of the molecule is C[Si](C)(C)c1c(O)cncc1Br. The lowest BCUT2D eigenvalue weighted by molar-refractivity contribution is 0.476. The molecule has 0 bridgehead atoms. The number of nitrogens with zero attached hydrogens (tertiary/aromatic N) is 1. The number of pyridine rings is 1. The number of aromatic nitrogens is 1. The summed E-state index contributed by atoms with van der Waals surface area (Å²) < 4.78 is 0.918. The first kappa shape index (κ1) is 9.73. The van der Waals surface area contributed by atoms with E-state index in [-0.39, 0.29) is 0 Å². The summed E-state index contributed by atoms with van der Waals surface area (Å²) in [5, 5.41) is 10.6. The van der Waals surface area contributed by atoms with Crippen LogP contribution in [0.15, 0.2) is 16.9 Å². The third kappa shape index (κ3) is 1.87. The van der Waals surface area contributed by atoms with Gasteiger partial charge >= 0.3 is 0 Å². The number of aromatic hydroxyl groups is 1. The minimum Gasteiger partial charge on any atom is -0.506 e. The van der Waals surface area contributed by atoms with Crippen molar-refractivity contribution in [3.63, 3.8) is 0 Å². The van der Waals surface area contributed by atoms with E-state index in [0.717, 1.165) is 9.66 Å². The Morgan fingerprint density at radius 3 is 2.25 bits per heavy atom. The molecule has 0 unspecified atom stereocenters. The van der Waals surface area contributed by atoms with E-state index in [1.54, 1.807) is 6.20 Å². The Morgan fingerprint density at radius 2 is 1.92 bits per heavy atom. The molecule has 0 fully saturated rings. The maximum absolute atomic E-state index is 9.57. The quantitative estimate of drug-likeness (QED) is 0.770. The van der Waals surface area contributed by atoms with Gasteiger partial charge in [0.1, 0.15) is 5.75 Å². The molecule has 0 saturated heterocycles. The van der Waals surface area contributed by atoms with Gasteiger partial charge < -0.3 is 5.11 Å². The zero-order valence-electron chi connectivity index (χ0n) is 7.43. The predicted molar refractivity (Wildman–Crippen MR) is 56.6 cm³/mol. The van der Waals surface area contributed by atoms with Crippen molar-refractivity contribution in [2.75, 3.05) is 0 Å². The predicted octanol–water partition coefficient (Wildman–Crippen LogP) is 2.09. The van der Waals surface area contributed by atoms with Crippen molar-refractivity contribution >= 4 is 29.2 Å². The van der Waals surface area contributed by atoms with Crippen molar-refractivity contribution in [1.82, 2.24) is 4.98 Å². The van der Waals surface area contributed by atoms with E-state index in [1.807, 2.05) is 0 Å². The molecular formula is C8H12BrNOSi. The second-order valence-corrected chi connectivity index (χ2v) is 9.62. The van der Waals surface area contributed by atoms with Gasteiger partial charge in [0.25, 0.3) is 0 Å². The molecule has 0 aliphatic carbocycles. The molecule has 1 aromatic rings. The molecule has 0 aromatic carbocycles. The average molecular weight is 246 g/mol. The fourth-order valence-corrected chi connectivity index (χ4v) is 4.89. The first-order chi connectivity index (χ1) is 5.43. The Labute approximate surface area is 81.8 Å². The standard InChI is InChI=1S/C8H12BrNOSi/c1-12(2,3)8-6(9)4-10-5-7(8)11/h4-5,11H,1-3H3. The molecule has 1 heterocycles. The smallest absolute Gasteiger partial charge is 0.134 e. The van der Waals surface area contributed by atoms with Gasteiger partial charge in [0, 0.05) is 10.7 Å². The molecule has 0 spiro atoms. The van der Waals surface area contributed by atoms with Crippen LogP contribution in [0.5, 0.6) is 5.75 Å². The largest absolute Gasteiger partial charge is 0.506 e. The highest BCUT2D eigenvalue weighted by Crippen LogP contribution is 2.18. The van der Waals surface area contributed by atoms with Gasteiger partial charge in [-0.2, -0.15) is 0 Å². The fourth-order valence-electron chi connectivity index (χ4n) is 1.17. The molecular weight excluding hydrogens is 234 g/mol. The topological polar surface area (TPSA) is 33.1 Å². The summed E-state index contributed by atoms with van der Waals surface area (Å²) in [5.41, 5.74) is 0. The highest BCUT2D eigenvalue weighted by atomic mass is 79.9. The van der Waals surface area contributed by atoms with Gasteiger partial charge in [-0.3, -0.25) is 4.98 Å². The molecule has 0 atom stereocenters. The lowest BCUT2D eigenvalue weighted by Gasteiger charge is -2.19. The third-order valence-corrected chi connectivity index (χ3v) is 4.62. The van der Waals surface area contributed by atoms with E-state index in [2.05, 4.69) is 40.6 Å². The van der Waals surface area contributed by atoms with Gasteiger partial charge in [-0.25, -0.2) is 0 Å². The van der Waals surface area contributed by atoms with E-state index in [1.165, 1.54) is 6.20 Å². The molecule has 0 amide bonds. The molecule has 1 rings (SSSR count). The Hall–Kier alpha value is -0.353. The van der Waals surface area contributed by atoms with Crippen molar-refractivity contribution in [2.24, 2.45) is 0 Å². The lowest BCUT2D eigenvalue weighted by atomic mass is 10.5. The third-order valence-electron chi connectivity index (χ3n) is 1.63. The Balaban J connectivity index is 3.31. The zero-order chi connectivity index (χ0) is 9.35. The first-order valence-electron chi connectivity index (χ1n) is 3.76. The van der Waals surface area contributed by atoms with Crippen molar-refractivity contribution in [1.29, 1.82) is 0 Å². The van der Waals surface area contributed by atoms with Crippen molar-refractivity contribution in [2.45, 2.75) is 19.6 Å². The van der Waals surface area contributed by atoms with Gasteiger partial charge in [0.2, 0.25) is 0 Å². The van der Waals surface area contributed by atoms with E-state index in [0.29, 0.717) is 5.75 Å². The van der Waals surface area contributed by atoms with Crippen molar-refractivity contribution in [3.8, 4) is 5.75 Å². The Kier molecular flexibility index (Phi) is 2.58. The minimum absolute atomic E-state index is 0.309. The van der Waals surface area contributed by atoms with Crippen LogP contribution in [0, 0.1) is 0 Å². The van der Waals surface area contributed by atoms with Gasteiger partial charge in [0.05, 0.1) is 14.3 Å². The highest BCUT2D eigenvalue weighted by molar-refractivity contribution is 9.10. The van der Waals surface area contributed by atoms with Crippen LogP contribution in [0.2, 0.25) is 19.6 Å². The summed E-state index contributed by atoms with van der Waals surface area (Å²) >= 11 is 3.40. The molecule has 12 heavy (non-hydrogen) atoms. The molecule has 0 aliphatic rings. The number of halogens is 1. The van der Waals surface area contributed by atoms with Crippen LogP contribution in [-0.4, -0.2) is 18.2 Å². The monoisotopic (exact) mass is 245 g/mol. The van der Waals surface area contributed by atoms with E-state index >= 15 is 0 Å². The van der Waals surface area contributed by atoms with Crippen LogP contribution in [0.25, 0.3) is 0 Å². The van der Waals surface area contributed by atoms with Crippen LogP contribution in [0.4, 0.5) is 0 Å². The second kappa shape index (κ2) is 3.18. The van der Waals surface area contributed by atoms with Crippen LogP contribution in [0.1, 0.15) is 0 Å². The van der Waals surface area contributed by atoms with Crippen LogP contribution >= 0.6 is 15.9 Å². The average Bonchev–Trinajstić information content (AvgIpc) is 1.82. The fraction of sp³-hybridized carbons (Fsp3) is 0.375. The number of hydrogen-bond donors (Lipinski definition) is 1. The molecule has 66 valence electrons. The van der Waals surface area contributed by atoms with Crippen molar-refractivity contribution < 1.29 is 5.11 Å². The summed E-state index contributed by atoms with van der Waals surface area (Å²) in [5.74, 6) is 0.309. The van der Waals surface area contributed by atoms with Crippen LogP contribution in [0.3, 0.4) is 0 Å². The van der Waals surface area contributed by atoms with Gasteiger partial charge in [-0.05, 0) is 21.1 Å². The highest BCUT2D eigenvalue weighted by Gasteiger charge is 2.23.